The first-order chi connectivity index (χ1) is 7.26. The van der Waals surface area contributed by atoms with E-state index in [-0.39, 0.29) is 17.6 Å². The third-order valence-electron chi connectivity index (χ3n) is 2.27. The maximum absolute atomic E-state index is 11.4. The van der Waals surface area contributed by atoms with Crippen molar-refractivity contribution in [3.63, 3.8) is 0 Å². The monoisotopic (exact) mass is 230 g/mol. The summed E-state index contributed by atoms with van der Waals surface area (Å²) in [5.74, 6) is -0.134. The highest BCUT2D eigenvalue weighted by molar-refractivity contribution is 5.73. The van der Waals surface area contributed by atoms with Crippen LogP contribution in [0, 0.1) is 0 Å². The maximum Gasteiger partial charge on any atom is 0.407 e. The van der Waals surface area contributed by atoms with Crippen LogP contribution in [-0.2, 0) is 9.53 Å². The lowest BCUT2D eigenvalue weighted by molar-refractivity contribution is -0.119. The number of hydrogen-bond donors (Lipinski definition) is 2. The molecule has 2 N–H and O–H groups in total. The zero-order valence-electron chi connectivity index (χ0n) is 10.7. The third kappa shape index (κ3) is 7.09. The van der Waals surface area contributed by atoms with E-state index < -0.39 is 6.09 Å². The predicted octanol–water partition coefficient (Wildman–Crippen LogP) is 1.43. The van der Waals surface area contributed by atoms with Crippen LogP contribution >= 0.6 is 0 Å². The highest BCUT2D eigenvalue weighted by Gasteiger charge is 2.19. The molecule has 0 aromatic carbocycles. The van der Waals surface area contributed by atoms with Crippen molar-refractivity contribution in [1.82, 2.24) is 10.6 Å². The second kappa shape index (κ2) is 6.35. The van der Waals surface area contributed by atoms with Gasteiger partial charge in [0.2, 0.25) is 5.91 Å². The zero-order chi connectivity index (χ0) is 12.8. The van der Waals surface area contributed by atoms with E-state index in [9.17, 15) is 9.59 Å². The fourth-order valence-corrected chi connectivity index (χ4v) is 0.906. The largest absolute Gasteiger partial charge is 0.445 e. The number of carbonyl (C=O) groups excluding carboxylic acids is 2. The number of carbonyl (C=O) groups is 2. The van der Waals surface area contributed by atoms with Gasteiger partial charge in [0.25, 0.3) is 0 Å². The molecule has 0 saturated carbocycles. The molecular formula is C11H22N2O3. The van der Waals surface area contributed by atoms with Crippen LogP contribution in [-0.4, -0.2) is 30.2 Å². The second-order valence-electron chi connectivity index (χ2n) is 4.52. The molecule has 5 heteroatoms. The van der Waals surface area contributed by atoms with Gasteiger partial charge in [-0.25, -0.2) is 4.79 Å². The first-order valence-electron chi connectivity index (χ1n) is 5.50. The van der Waals surface area contributed by atoms with Crippen molar-refractivity contribution in [2.45, 2.75) is 52.7 Å². The molecule has 0 aliphatic rings. The molecule has 0 aromatic heterocycles. The number of amides is 2. The minimum absolute atomic E-state index is 0.134. The molecule has 0 saturated heterocycles. The molecule has 94 valence electrons. The van der Waals surface area contributed by atoms with Crippen molar-refractivity contribution in [1.29, 1.82) is 0 Å². The molecule has 0 bridgehead atoms. The summed E-state index contributed by atoms with van der Waals surface area (Å²) >= 11 is 0. The molecule has 0 aliphatic carbocycles. The van der Waals surface area contributed by atoms with Crippen molar-refractivity contribution >= 4 is 12.0 Å². The van der Waals surface area contributed by atoms with E-state index >= 15 is 0 Å². The van der Waals surface area contributed by atoms with Crippen LogP contribution in [0.2, 0.25) is 0 Å². The molecule has 0 radical (unpaired) electrons. The molecule has 5 nitrogen and oxygen atoms in total. The molecule has 0 heterocycles. The highest BCUT2D eigenvalue weighted by Crippen LogP contribution is 2.07. The van der Waals surface area contributed by atoms with Gasteiger partial charge in [-0.1, -0.05) is 6.92 Å². The van der Waals surface area contributed by atoms with E-state index in [2.05, 4.69) is 10.6 Å². The Labute approximate surface area is 96.9 Å². The number of rotatable bonds is 5. The molecule has 1 atom stereocenters. The zero-order valence-corrected chi connectivity index (χ0v) is 10.7. The van der Waals surface area contributed by atoms with Crippen LogP contribution < -0.4 is 10.6 Å². The number of alkyl carbamates (subject to hydrolysis) is 1. The van der Waals surface area contributed by atoms with Crippen molar-refractivity contribution in [2.75, 3.05) is 6.54 Å². The number of nitrogens with one attached hydrogen (secondary N) is 2. The highest BCUT2D eigenvalue weighted by atomic mass is 16.6. The van der Waals surface area contributed by atoms with Gasteiger partial charge in [0.1, 0.15) is 6.10 Å². The minimum Gasteiger partial charge on any atom is -0.445 e. The molecule has 1 unspecified atom stereocenters. The van der Waals surface area contributed by atoms with Crippen LogP contribution in [0.3, 0.4) is 0 Å². The lowest BCUT2D eigenvalue weighted by Crippen LogP contribution is -2.45. The van der Waals surface area contributed by atoms with Crippen molar-refractivity contribution in [3.05, 3.63) is 0 Å². The Bertz CT molecular complexity index is 252. The summed E-state index contributed by atoms with van der Waals surface area (Å²) in [4.78, 5) is 22.1. The van der Waals surface area contributed by atoms with Gasteiger partial charge < -0.3 is 15.4 Å². The van der Waals surface area contributed by atoms with E-state index in [4.69, 9.17) is 4.74 Å². The molecule has 0 aromatic rings. The molecule has 2 amide bonds. The van der Waals surface area contributed by atoms with Crippen LogP contribution in [0.1, 0.15) is 41.0 Å². The summed E-state index contributed by atoms with van der Waals surface area (Å²) in [6, 6.07) is 0. The lowest BCUT2D eigenvalue weighted by atomic mass is 10.0. The SMILES string of the molecule is CCC(C)(C)NC(=O)OC(C)CNC(C)=O. The van der Waals surface area contributed by atoms with E-state index in [1.54, 1.807) is 6.92 Å². The van der Waals surface area contributed by atoms with Crippen molar-refractivity contribution in [2.24, 2.45) is 0 Å². The summed E-state index contributed by atoms with van der Waals surface area (Å²) in [5.41, 5.74) is -0.273. The molecule has 0 fully saturated rings. The molecule has 0 rings (SSSR count). The Kier molecular flexibility index (Phi) is 5.85. The van der Waals surface area contributed by atoms with E-state index in [1.807, 2.05) is 20.8 Å². The Morgan fingerprint density at radius 3 is 2.38 bits per heavy atom. The lowest BCUT2D eigenvalue weighted by Gasteiger charge is -2.25. The summed E-state index contributed by atoms with van der Waals surface area (Å²) in [7, 11) is 0. The standard InChI is InChI=1S/C11H22N2O3/c1-6-11(4,5)13-10(15)16-8(2)7-12-9(3)14/h8H,6-7H2,1-5H3,(H,12,14)(H,13,15). The van der Waals surface area contributed by atoms with Crippen LogP contribution in [0.25, 0.3) is 0 Å². The van der Waals surface area contributed by atoms with Crippen molar-refractivity contribution < 1.29 is 14.3 Å². The van der Waals surface area contributed by atoms with Gasteiger partial charge in [0.05, 0.1) is 6.54 Å². The Hall–Kier alpha value is -1.26. The molecule has 16 heavy (non-hydrogen) atoms. The van der Waals surface area contributed by atoms with Crippen molar-refractivity contribution in [3.8, 4) is 0 Å². The summed E-state index contributed by atoms with van der Waals surface area (Å²) < 4.78 is 5.07. The molecule has 0 spiro atoms. The van der Waals surface area contributed by atoms with Gasteiger partial charge in [-0.15, -0.1) is 0 Å². The molecular weight excluding hydrogens is 208 g/mol. The van der Waals surface area contributed by atoms with Gasteiger partial charge in [-0.05, 0) is 27.2 Å². The Morgan fingerprint density at radius 2 is 1.94 bits per heavy atom. The Morgan fingerprint density at radius 1 is 1.38 bits per heavy atom. The smallest absolute Gasteiger partial charge is 0.407 e. The summed E-state index contributed by atoms with van der Waals surface area (Å²) in [5, 5.41) is 5.33. The second-order valence-corrected chi connectivity index (χ2v) is 4.52. The first kappa shape index (κ1) is 14.7. The van der Waals surface area contributed by atoms with Gasteiger partial charge in [0, 0.05) is 12.5 Å². The number of hydrogen-bond acceptors (Lipinski definition) is 3. The maximum atomic E-state index is 11.4. The average Bonchev–Trinajstić information content (AvgIpc) is 2.13. The van der Waals surface area contributed by atoms with E-state index in [0.29, 0.717) is 6.54 Å². The van der Waals surface area contributed by atoms with Crippen LogP contribution in [0.15, 0.2) is 0 Å². The van der Waals surface area contributed by atoms with E-state index in [1.165, 1.54) is 6.92 Å². The topological polar surface area (TPSA) is 67.4 Å². The van der Waals surface area contributed by atoms with Gasteiger partial charge >= 0.3 is 6.09 Å². The summed E-state index contributed by atoms with van der Waals surface area (Å²) in [6.45, 7) is 9.32. The first-order valence-corrected chi connectivity index (χ1v) is 5.50. The Balaban J connectivity index is 3.91. The van der Waals surface area contributed by atoms with Crippen LogP contribution in [0.4, 0.5) is 4.79 Å². The van der Waals surface area contributed by atoms with Gasteiger partial charge in [-0.3, -0.25) is 4.79 Å². The van der Waals surface area contributed by atoms with Crippen LogP contribution in [0.5, 0.6) is 0 Å². The van der Waals surface area contributed by atoms with Gasteiger partial charge in [0.15, 0.2) is 0 Å². The number of ether oxygens (including phenoxy) is 1. The van der Waals surface area contributed by atoms with E-state index in [0.717, 1.165) is 6.42 Å². The summed E-state index contributed by atoms with van der Waals surface area (Å²) in [6.07, 6.45) is 0.0311. The third-order valence-corrected chi connectivity index (χ3v) is 2.27. The average molecular weight is 230 g/mol. The minimum atomic E-state index is -0.454. The quantitative estimate of drug-likeness (QED) is 0.750. The fraction of sp³-hybridized carbons (Fsp3) is 0.818. The molecule has 0 aliphatic heterocycles. The normalized spacial score (nSPS) is 12.8. The van der Waals surface area contributed by atoms with Gasteiger partial charge in [-0.2, -0.15) is 0 Å². The predicted molar refractivity (Wildman–Crippen MR) is 62.1 cm³/mol. The fourth-order valence-electron chi connectivity index (χ4n) is 0.906.